The van der Waals surface area contributed by atoms with Crippen molar-refractivity contribution in [3.05, 3.63) is 96.6 Å². The molecular formula is C27H24N2O6S. The maximum absolute atomic E-state index is 12.8. The van der Waals surface area contributed by atoms with Crippen LogP contribution in [0, 0.1) is 0 Å². The maximum atomic E-state index is 12.8. The molecule has 0 atom stereocenters. The van der Waals surface area contributed by atoms with Crippen molar-refractivity contribution in [2.45, 2.75) is 18.2 Å². The van der Waals surface area contributed by atoms with E-state index in [9.17, 15) is 18.0 Å². The summed E-state index contributed by atoms with van der Waals surface area (Å²) in [6, 6.07) is 24.2. The molecule has 0 spiro atoms. The van der Waals surface area contributed by atoms with Gasteiger partial charge in [-0.25, -0.2) is 9.59 Å². The highest BCUT2D eigenvalue weighted by Gasteiger charge is 2.23. The number of carbonyl (C=O) groups excluding carboxylic acids is 2. The van der Waals surface area contributed by atoms with Gasteiger partial charge in [-0.15, -0.1) is 0 Å². The molecule has 0 aliphatic heterocycles. The van der Waals surface area contributed by atoms with Gasteiger partial charge in [0.15, 0.2) is 5.75 Å². The van der Waals surface area contributed by atoms with Crippen LogP contribution in [-0.4, -0.2) is 27.0 Å². The lowest BCUT2D eigenvalue weighted by molar-refractivity contribution is 0.0503. The molecule has 0 heterocycles. The van der Waals surface area contributed by atoms with E-state index in [2.05, 4.69) is 10.6 Å². The van der Waals surface area contributed by atoms with Gasteiger partial charge in [0.05, 0.1) is 12.3 Å². The Hall–Kier alpha value is -4.37. The lowest BCUT2D eigenvalue weighted by atomic mass is 10.1. The van der Waals surface area contributed by atoms with E-state index in [1.54, 1.807) is 24.3 Å². The summed E-state index contributed by atoms with van der Waals surface area (Å²) in [7, 11) is -4.24. The summed E-state index contributed by atoms with van der Waals surface area (Å²) in [5, 5.41) is 7.27. The average molecular weight is 505 g/mol. The largest absolute Gasteiger partial charge is 0.462 e. The molecule has 4 rings (SSSR count). The summed E-state index contributed by atoms with van der Waals surface area (Å²) in [6.45, 7) is 2.00. The molecule has 9 heteroatoms. The van der Waals surface area contributed by atoms with E-state index in [1.165, 1.54) is 30.3 Å². The Morgan fingerprint density at radius 1 is 0.833 bits per heavy atom. The molecule has 4 aromatic rings. The Kier molecular flexibility index (Phi) is 7.50. The molecule has 36 heavy (non-hydrogen) atoms. The minimum absolute atomic E-state index is 0.0788. The molecule has 0 aromatic heterocycles. The Morgan fingerprint density at radius 2 is 1.56 bits per heavy atom. The van der Waals surface area contributed by atoms with Crippen molar-refractivity contribution in [1.82, 2.24) is 0 Å². The third-order valence-electron chi connectivity index (χ3n) is 5.17. The van der Waals surface area contributed by atoms with Gasteiger partial charge in [-0.1, -0.05) is 61.5 Å². The van der Waals surface area contributed by atoms with E-state index in [-0.39, 0.29) is 28.5 Å². The second-order valence-corrected chi connectivity index (χ2v) is 9.35. The highest BCUT2D eigenvalue weighted by Crippen LogP contribution is 2.28. The minimum Gasteiger partial charge on any atom is -0.462 e. The topological polar surface area (TPSA) is 111 Å². The first-order valence-electron chi connectivity index (χ1n) is 11.2. The fourth-order valence-electron chi connectivity index (χ4n) is 3.48. The van der Waals surface area contributed by atoms with Crippen LogP contribution in [0.1, 0.15) is 23.7 Å². The summed E-state index contributed by atoms with van der Waals surface area (Å²) < 4.78 is 36.1. The molecule has 2 amide bonds. The number of hydrogen-bond donors (Lipinski definition) is 2. The van der Waals surface area contributed by atoms with Crippen LogP contribution in [0.5, 0.6) is 5.75 Å². The zero-order valence-corrected chi connectivity index (χ0v) is 20.2. The molecule has 184 valence electrons. The van der Waals surface area contributed by atoms with Crippen LogP contribution in [0.25, 0.3) is 10.8 Å². The van der Waals surface area contributed by atoms with Crippen LogP contribution in [0.2, 0.25) is 0 Å². The van der Waals surface area contributed by atoms with Crippen molar-refractivity contribution in [3.63, 3.8) is 0 Å². The quantitative estimate of drug-likeness (QED) is 0.231. The fraction of sp³-hybridized carbons (Fsp3) is 0.111. The molecule has 0 radical (unpaired) electrons. The van der Waals surface area contributed by atoms with Crippen LogP contribution < -0.4 is 14.8 Å². The summed E-state index contributed by atoms with van der Waals surface area (Å²) in [6.07, 6.45) is 0.595. The Labute approximate surface area is 209 Å². The van der Waals surface area contributed by atoms with E-state index in [4.69, 9.17) is 8.92 Å². The van der Waals surface area contributed by atoms with Crippen molar-refractivity contribution >= 4 is 44.3 Å². The summed E-state index contributed by atoms with van der Waals surface area (Å²) in [4.78, 5) is 25.2. The van der Waals surface area contributed by atoms with E-state index in [0.29, 0.717) is 12.1 Å². The molecule has 0 bridgehead atoms. The first kappa shape index (κ1) is 24.7. The van der Waals surface area contributed by atoms with Gasteiger partial charge in [0, 0.05) is 17.1 Å². The molecule has 0 unspecified atom stereocenters. The number of hydrogen-bond acceptors (Lipinski definition) is 6. The molecule has 4 aromatic carbocycles. The molecule has 0 saturated carbocycles. The number of urea groups is 1. The predicted molar refractivity (Wildman–Crippen MR) is 138 cm³/mol. The van der Waals surface area contributed by atoms with Gasteiger partial charge in [0.25, 0.3) is 0 Å². The average Bonchev–Trinajstić information content (AvgIpc) is 2.88. The number of benzene rings is 4. The van der Waals surface area contributed by atoms with Crippen molar-refractivity contribution in [3.8, 4) is 5.75 Å². The van der Waals surface area contributed by atoms with Gasteiger partial charge in [0.1, 0.15) is 10.5 Å². The number of carbonyl (C=O) groups is 2. The first-order chi connectivity index (χ1) is 17.4. The van der Waals surface area contributed by atoms with Crippen LogP contribution in [0.4, 0.5) is 16.2 Å². The van der Waals surface area contributed by atoms with E-state index < -0.39 is 22.1 Å². The Bertz CT molecular complexity index is 1500. The highest BCUT2D eigenvalue weighted by molar-refractivity contribution is 7.87. The lowest BCUT2D eigenvalue weighted by Gasteiger charge is -2.14. The number of fused-ring (bicyclic) bond motifs is 1. The summed E-state index contributed by atoms with van der Waals surface area (Å²) in [5.41, 5.74) is 0.745. The molecule has 0 aliphatic carbocycles. The third-order valence-corrected chi connectivity index (χ3v) is 6.41. The first-order valence-corrected chi connectivity index (χ1v) is 12.6. The number of rotatable bonds is 8. The zero-order chi connectivity index (χ0) is 25.5. The molecule has 0 saturated heterocycles. The molecule has 0 fully saturated rings. The molecule has 2 N–H and O–H groups in total. The molecule has 0 aliphatic rings. The van der Waals surface area contributed by atoms with Crippen LogP contribution in [0.15, 0.2) is 95.9 Å². The lowest BCUT2D eigenvalue weighted by Crippen LogP contribution is -2.20. The number of nitrogens with one attached hydrogen (secondary N) is 2. The zero-order valence-electron chi connectivity index (χ0n) is 19.4. The standard InChI is InChI=1S/C27H24N2O6S/c1-2-17-34-26(30)23-16-15-20(18-25(23)35-36(32,33)21-11-4-3-5-12-21)28-27(31)29-24-14-8-10-19-9-6-7-13-22(19)24/h3-16,18H,2,17H2,1H3,(H2,28,29,31). The fourth-order valence-corrected chi connectivity index (χ4v) is 4.44. The Morgan fingerprint density at radius 3 is 2.33 bits per heavy atom. The van der Waals surface area contributed by atoms with Crippen molar-refractivity contribution < 1.29 is 26.9 Å². The summed E-state index contributed by atoms with van der Waals surface area (Å²) >= 11 is 0. The number of amides is 2. The SMILES string of the molecule is CCCOC(=O)c1ccc(NC(=O)Nc2cccc3ccccc23)cc1OS(=O)(=O)c1ccccc1. The van der Waals surface area contributed by atoms with E-state index >= 15 is 0 Å². The van der Waals surface area contributed by atoms with Crippen LogP contribution in [-0.2, 0) is 14.9 Å². The number of esters is 1. The predicted octanol–water partition coefficient (Wildman–Crippen LogP) is 5.82. The normalized spacial score (nSPS) is 11.0. The molecule has 8 nitrogen and oxygen atoms in total. The van der Waals surface area contributed by atoms with E-state index in [1.807, 2.05) is 43.3 Å². The van der Waals surface area contributed by atoms with Gasteiger partial charge < -0.3 is 19.6 Å². The minimum atomic E-state index is -4.24. The number of anilines is 2. The number of ether oxygens (including phenoxy) is 1. The van der Waals surface area contributed by atoms with Gasteiger partial charge in [-0.05, 0) is 42.1 Å². The monoisotopic (exact) mass is 504 g/mol. The maximum Gasteiger partial charge on any atom is 0.341 e. The second kappa shape index (κ2) is 10.9. The van der Waals surface area contributed by atoms with Crippen LogP contribution in [0.3, 0.4) is 0 Å². The smallest absolute Gasteiger partial charge is 0.341 e. The second-order valence-electron chi connectivity index (χ2n) is 7.80. The van der Waals surface area contributed by atoms with Crippen LogP contribution >= 0.6 is 0 Å². The third kappa shape index (κ3) is 5.81. The highest BCUT2D eigenvalue weighted by atomic mass is 32.2. The van der Waals surface area contributed by atoms with Gasteiger partial charge in [0.2, 0.25) is 0 Å². The van der Waals surface area contributed by atoms with E-state index in [0.717, 1.165) is 10.8 Å². The van der Waals surface area contributed by atoms with Gasteiger partial charge in [-0.2, -0.15) is 8.42 Å². The van der Waals surface area contributed by atoms with Crippen molar-refractivity contribution in [2.24, 2.45) is 0 Å². The Balaban J connectivity index is 1.60. The van der Waals surface area contributed by atoms with Crippen molar-refractivity contribution in [1.29, 1.82) is 0 Å². The van der Waals surface area contributed by atoms with Crippen molar-refractivity contribution in [2.75, 3.05) is 17.2 Å². The van der Waals surface area contributed by atoms with Gasteiger partial charge in [-0.3, -0.25) is 0 Å². The van der Waals surface area contributed by atoms with Gasteiger partial charge >= 0.3 is 22.1 Å². The molecular weight excluding hydrogens is 480 g/mol. The summed E-state index contributed by atoms with van der Waals surface area (Å²) in [5.74, 6) is -0.996.